The fraction of sp³-hybridized carbons (Fsp3) is 0.565. The number of benzene rings is 1. The van der Waals surface area contributed by atoms with E-state index in [4.69, 9.17) is 9.47 Å². The average molecular weight is 441 g/mol. The predicted octanol–water partition coefficient (Wildman–Crippen LogP) is 3.23. The Morgan fingerprint density at radius 2 is 1.78 bits per heavy atom. The number of hydrogen-bond donors (Lipinski definition) is 1. The molecule has 0 atom stereocenters. The smallest absolute Gasteiger partial charge is 0.252 e. The number of nitrogens with one attached hydrogen (secondary N) is 1. The summed E-state index contributed by atoms with van der Waals surface area (Å²) in [6.45, 7) is 7.38. The van der Waals surface area contributed by atoms with E-state index in [-0.39, 0.29) is 11.1 Å². The highest BCUT2D eigenvalue weighted by molar-refractivity contribution is 5.83. The second-order valence-electron chi connectivity index (χ2n) is 9.44. The fourth-order valence-electron chi connectivity index (χ4n) is 4.51. The number of H-pyrrole nitrogens is 1. The van der Waals surface area contributed by atoms with E-state index >= 15 is 0 Å². The molecule has 172 valence electrons. The number of pyridine rings is 1. The number of aromatic amines is 1. The first-order valence-corrected chi connectivity index (χ1v) is 11.1. The Morgan fingerprint density at radius 3 is 2.44 bits per heavy atom. The second kappa shape index (κ2) is 8.90. The number of fused-ring (bicyclic) bond motifs is 1. The number of aromatic nitrogens is 5. The van der Waals surface area contributed by atoms with Crippen LogP contribution >= 0.6 is 0 Å². The minimum Gasteiger partial charge on any atom is -0.493 e. The third-order valence-electron chi connectivity index (χ3n) is 6.15. The molecule has 2 aromatic heterocycles. The van der Waals surface area contributed by atoms with Gasteiger partial charge in [0.1, 0.15) is 0 Å². The van der Waals surface area contributed by atoms with Crippen molar-refractivity contribution >= 4 is 10.9 Å². The summed E-state index contributed by atoms with van der Waals surface area (Å²) in [6, 6.07) is 6.05. The quantitative estimate of drug-likeness (QED) is 0.602. The van der Waals surface area contributed by atoms with Crippen LogP contribution < -0.4 is 15.0 Å². The van der Waals surface area contributed by atoms with Gasteiger partial charge in [0.15, 0.2) is 17.3 Å². The maximum Gasteiger partial charge on any atom is 0.252 e. The van der Waals surface area contributed by atoms with E-state index in [0.717, 1.165) is 29.6 Å². The molecule has 0 radical (unpaired) electrons. The molecular formula is C23H32N6O3. The zero-order valence-corrected chi connectivity index (χ0v) is 19.5. The van der Waals surface area contributed by atoms with Gasteiger partial charge >= 0.3 is 0 Å². The summed E-state index contributed by atoms with van der Waals surface area (Å²) in [5.74, 6) is 2.04. The van der Waals surface area contributed by atoms with Crippen molar-refractivity contribution in [1.82, 2.24) is 30.1 Å². The number of rotatable bonds is 7. The highest BCUT2D eigenvalue weighted by atomic mass is 16.5. The molecule has 9 heteroatoms. The van der Waals surface area contributed by atoms with Crippen LogP contribution in [0.3, 0.4) is 0 Å². The summed E-state index contributed by atoms with van der Waals surface area (Å²) < 4.78 is 12.7. The molecule has 9 nitrogen and oxygen atoms in total. The molecule has 4 rings (SSSR count). The predicted molar refractivity (Wildman–Crippen MR) is 122 cm³/mol. The third kappa shape index (κ3) is 4.48. The molecule has 3 aromatic rings. The lowest BCUT2D eigenvalue weighted by molar-refractivity contribution is 0.167. The molecule has 32 heavy (non-hydrogen) atoms. The molecule has 0 unspecified atom stereocenters. The first-order chi connectivity index (χ1) is 15.3. The van der Waals surface area contributed by atoms with E-state index < -0.39 is 0 Å². The number of methoxy groups -OCH3 is 2. The SMILES string of the molecule is COc1cc2cc(CN(Cc3nnnn3C(C)(C)C)C3CCCC3)c(=O)[nH]c2cc1OC. The van der Waals surface area contributed by atoms with Crippen molar-refractivity contribution in [3.63, 3.8) is 0 Å². The molecule has 1 aliphatic rings. The van der Waals surface area contributed by atoms with Gasteiger partial charge in [0.25, 0.3) is 5.56 Å². The number of hydrogen-bond acceptors (Lipinski definition) is 7. The van der Waals surface area contributed by atoms with E-state index in [1.165, 1.54) is 12.8 Å². The lowest BCUT2D eigenvalue weighted by Gasteiger charge is -2.29. The molecule has 0 bridgehead atoms. The van der Waals surface area contributed by atoms with Gasteiger partial charge in [-0.2, -0.15) is 0 Å². The Morgan fingerprint density at radius 1 is 1.09 bits per heavy atom. The maximum atomic E-state index is 13.0. The van der Waals surface area contributed by atoms with Crippen molar-refractivity contribution in [2.75, 3.05) is 14.2 Å². The van der Waals surface area contributed by atoms with Crippen molar-refractivity contribution in [3.05, 3.63) is 39.9 Å². The molecule has 2 heterocycles. The molecule has 1 N–H and O–H groups in total. The van der Waals surface area contributed by atoms with Crippen LogP contribution in [0.2, 0.25) is 0 Å². The minimum absolute atomic E-state index is 0.0943. The van der Waals surface area contributed by atoms with Crippen molar-refractivity contribution in [2.24, 2.45) is 0 Å². The van der Waals surface area contributed by atoms with Crippen LogP contribution in [0.25, 0.3) is 10.9 Å². The van der Waals surface area contributed by atoms with Crippen LogP contribution in [0.4, 0.5) is 0 Å². The second-order valence-corrected chi connectivity index (χ2v) is 9.44. The van der Waals surface area contributed by atoms with Crippen LogP contribution in [-0.4, -0.2) is 50.4 Å². The average Bonchev–Trinajstić information content (AvgIpc) is 3.44. The lowest BCUT2D eigenvalue weighted by Crippen LogP contribution is -2.36. The van der Waals surface area contributed by atoms with Gasteiger partial charge in [-0.15, -0.1) is 5.10 Å². The van der Waals surface area contributed by atoms with Crippen molar-refractivity contribution in [3.8, 4) is 11.5 Å². The third-order valence-corrected chi connectivity index (χ3v) is 6.15. The Balaban J connectivity index is 1.68. The number of tetrazole rings is 1. The number of nitrogens with zero attached hydrogens (tertiary/aromatic N) is 5. The summed E-state index contributed by atoms with van der Waals surface area (Å²) in [4.78, 5) is 18.3. The maximum absolute atomic E-state index is 13.0. The monoisotopic (exact) mass is 440 g/mol. The normalized spacial score (nSPS) is 15.1. The summed E-state index contributed by atoms with van der Waals surface area (Å²) in [5.41, 5.74) is 1.13. The Labute approximate surface area is 187 Å². The summed E-state index contributed by atoms with van der Waals surface area (Å²) in [5, 5.41) is 13.3. The molecular weight excluding hydrogens is 408 g/mol. The largest absolute Gasteiger partial charge is 0.493 e. The molecule has 1 saturated carbocycles. The van der Waals surface area contributed by atoms with Crippen molar-refractivity contribution < 1.29 is 9.47 Å². The molecule has 0 amide bonds. The van der Waals surface area contributed by atoms with Gasteiger partial charge in [0.2, 0.25) is 0 Å². The first-order valence-electron chi connectivity index (χ1n) is 11.1. The molecule has 0 saturated heterocycles. The Bertz CT molecular complexity index is 1140. The van der Waals surface area contributed by atoms with E-state index in [1.807, 2.05) is 16.8 Å². The van der Waals surface area contributed by atoms with Gasteiger partial charge in [-0.25, -0.2) is 4.68 Å². The highest BCUT2D eigenvalue weighted by Crippen LogP contribution is 2.32. The summed E-state index contributed by atoms with van der Waals surface area (Å²) in [7, 11) is 3.19. The molecule has 0 aliphatic heterocycles. The lowest BCUT2D eigenvalue weighted by atomic mass is 10.1. The van der Waals surface area contributed by atoms with Crippen LogP contribution in [0.1, 0.15) is 57.8 Å². The van der Waals surface area contributed by atoms with E-state index in [9.17, 15) is 4.79 Å². The first kappa shape index (κ1) is 22.3. The van der Waals surface area contributed by atoms with Gasteiger partial charge in [-0.1, -0.05) is 12.8 Å². The van der Waals surface area contributed by atoms with E-state index in [2.05, 4.69) is 46.2 Å². The number of ether oxygens (including phenoxy) is 2. The van der Waals surface area contributed by atoms with Gasteiger partial charge in [0, 0.05) is 29.6 Å². The van der Waals surface area contributed by atoms with Gasteiger partial charge < -0.3 is 14.5 Å². The highest BCUT2D eigenvalue weighted by Gasteiger charge is 2.27. The zero-order chi connectivity index (χ0) is 22.9. The van der Waals surface area contributed by atoms with Crippen LogP contribution in [0.5, 0.6) is 11.5 Å². The van der Waals surface area contributed by atoms with Gasteiger partial charge in [0.05, 0.1) is 31.8 Å². The van der Waals surface area contributed by atoms with E-state index in [1.54, 1.807) is 20.3 Å². The molecule has 1 aromatic carbocycles. The topological polar surface area (TPSA) is 98.2 Å². The fourth-order valence-corrected chi connectivity index (χ4v) is 4.51. The van der Waals surface area contributed by atoms with Crippen LogP contribution in [0, 0.1) is 0 Å². The summed E-state index contributed by atoms with van der Waals surface area (Å²) in [6.07, 6.45) is 4.65. The summed E-state index contributed by atoms with van der Waals surface area (Å²) >= 11 is 0. The molecule has 0 spiro atoms. The van der Waals surface area contributed by atoms with E-state index in [0.29, 0.717) is 36.2 Å². The van der Waals surface area contributed by atoms with Gasteiger partial charge in [-0.05, 0) is 56.2 Å². The standard InChI is InChI=1S/C23H32N6O3/c1-23(2,3)29-21(25-26-27-29)14-28(17-8-6-7-9-17)13-16-10-15-11-19(31-4)20(32-5)12-18(15)24-22(16)30/h10-12,17H,6-9,13-14H2,1-5H3,(H,24,30). The van der Waals surface area contributed by atoms with Crippen LogP contribution in [0.15, 0.2) is 23.0 Å². The van der Waals surface area contributed by atoms with Crippen molar-refractivity contribution in [2.45, 2.75) is 71.1 Å². The molecule has 1 fully saturated rings. The van der Waals surface area contributed by atoms with Crippen molar-refractivity contribution in [1.29, 1.82) is 0 Å². The van der Waals surface area contributed by atoms with Gasteiger partial charge in [-0.3, -0.25) is 9.69 Å². The Hall–Kier alpha value is -2.94. The minimum atomic E-state index is -0.212. The zero-order valence-electron chi connectivity index (χ0n) is 19.5. The van der Waals surface area contributed by atoms with Crippen LogP contribution in [-0.2, 0) is 18.6 Å². The Kier molecular flexibility index (Phi) is 6.19. The molecule has 1 aliphatic carbocycles.